The van der Waals surface area contributed by atoms with Crippen molar-refractivity contribution >= 4 is 38.4 Å². The van der Waals surface area contributed by atoms with Gasteiger partial charge in [0.25, 0.3) is 5.91 Å². The van der Waals surface area contributed by atoms with Crippen molar-refractivity contribution in [2.75, 3.05) is 27.6 Å². The number of nitrogens with zero attached hydrogens (tertiary/aromatic N) is 2. The second-order valence-corrected chi connectivity index (χ2v) is 15.3. The number of rotatable bonds is 12. The van der Waals surface area contributed by atoms with Crippen LogP contribution in [0.4, 0.5) is 0 Å². The normalized spacial score (nSPS) is 17.1. The van der Waals surface area contributed by atoms with Gasteiger partial charge in [0, 0.05) is 21.2 Å². The van der Waals surface area contributed by atoms with Gasteiger partial charge >= 0.3 is 0 Å². The van der Waals surface area contributed by atoms with Crippen molar-refractivity contribution in [3.8, 4) is 11.5 Å². The number of nitrogens with one attached hydrogen (secondary N) is 1. The smallest absolute Gasteiger partial charge is 0.268 e. The Balaban J connectivity index is 2.15. The summed E-state index contributed by atoms with van der Waals surface area (Å²) in [5.74, 6) is 1.05. The highest BCUT2D eigenvalue weighted by molar-refractivity contribution is 7.77. The van der Waals surface area contributed by atoms with E-state index in [9.17, 15) is 4.79 Å². The Morgan fingerprint density at radius 2 is 1.88 bits per heavy atom. The third-order valence-electron chi connectivity index (χ3n) is 5.13. The first-order valence-corrected chi connectivity index (χ1v) is 15.4. The van der Waals surface area contributed by atoms with Crippen molar-refractivity contribution in [2.45, 2.75) is 57.4 Å². The van der Waals surface area contributed by atoms with Crippen LogP contribution in [0.5, 0.6) is 11.5 Å². The largest absolute Gasteiger partial charge is 0.493 e. The van der Waals surface area contributed by atoms with Crippen LogP contribution in [0.15, 0.2) is 29.6 Å². The number of carbonyl (C=O) groups excluding carboxylic acids is 1. The number of allylic oxidation sites excluding steroid dienone is 1. The summed E-state index contributed by atoms with van der Waals surface area (Å²) in [6, 6.07) is 6.73. The number of methoxy groups -OCH3 is 2. The second-order valence-electron chi connectivity index (χ2n) is 8.89. The van der Waals surface area contributed by atoms with E-state index in [0.717, 1.165) is 30.1 Å². The zero-order valence-corrected chi connectivity index (χ0v) is 22.6. The summed E-state index contributed by atoms with van der Waals surface area (Å²) in [6.07, 6.45) is 1.61. The van der Waals surface area contributed by atoms with Crippen molar-refractivity contribution in [1.82, 2.24) is 14.7 Å². The summed E-state index contributed by atoms with van der Waals surface area (Å²) in [4.78, 5) is 13.0. The van der Waals surface area contributed by atoms with Gasteiger partial charge in [-0.3, -0.25) is 4.79 Å². The molecule has 32 heavy (non-hydrogen) atoms. The lowest BCUT2D eigenvalue weighted by molar-refractivity contribution is -0.149. The Kier molecular flexibility index (Phi) is 10.1. The lowest BCUT2D eigenvalue weighted by atomic mass is 10.1. The molecule has 180 valence electrons. The molecule has 0 aliphatic carbocycles. The maximum Gasteiger partial charge on any atom is 0.268 e. The number of benzene rings is 1. The van der Waals surface area contributed by atoms with Crippen molar-refractivity contribution in [1.29, 1.82) is 0 Å². The van der Waals surface area contributed by atoms with E-state index in [1.54, 1.807) is 18.6 Å². The topological polar surface area (TPSA) is 63.3 Å². The molecule has 10 heteroatoms. The fourth-order valence-corrected chi connectivity index (χ4v) is 4.67. The molecule has 1 aliphatic rings. The molecule has 1 unspecified atom stereocenters. The Hall–Kier alpha value is -1.55. The number of hydrazine groups is 1. The quantitative estimate of drug-likeness (QED) is 0.188. The molecule has 1 heterocycles. The molecule has 1 aromatic rings. The van der Waals surface area contributed by atoms with Crippen molar-refractivity contribution in [3.05, 3.63) is 35.2 Å². The lowest BCUT2D eigenvalue weighted by Gasteiger charge is -2.40. The number of hydrogen-bond acceptors (Lipinski definition) is 7. The van der Waals surface area contributed by atoms with Gasteiger partial charge in [0.1, 0.15) is 6.73 Å². The zero-order valence-electron chi connectivity index (χ0n) is 19.9. The van der Waals surface area contributed by atoms with Crippen molar-refractivity contribution < 1.29 is 19.0 Å². The van der Waals surface area contributed by atoms with Gasteiger partial charge in [0.05, 0.1) is 25.6 Å². The maximum absolute atomic E-state index is 13.0. The summed E-state index contributed by atoms with van der Waals surface area (Å²) >= 11 is 11.2. The van der Waals surface area contributed by atoms with Crippen LogP contribution in [0.3, 0.4) is 0 Å². The van der Waals surface area contributed by atoms with Crippen LogP contribution in [0.1, 0.15) is 25.3 Å². The fraction of sp³-hybridized carbons (Fsp3) is 0.591. The molecule has 2 rings (SSSR count). The van der Waals surface area contributed by atoms with E-state index in [-0.39, 0.29) is 12.6 Å². The van der Waals surface area contributed by atoms with E-state index in [2.05, 4.69) is 44.7 Å². The van der Waals surface area contributed by atoms with Gasteiger partial charge in [-0.25, -0.2) is 9.42 Å². The fourth-order valence-electron chi connectivity index (χ4n) is 3.25. The number of alkyl halides is 1. The summed E-state index contributed by atoms with van der Waals surface area (Å²) < 4.78 is 18.1. The van der Waals surface area contributed by atoms with Gasteiger partial charge in [-0.1, -0.05) is 39.1 Å². The molecule has 1 atom stereocenters. The minimum atomic E-state index is -1.21. The van der Waals surface area contributed by atoms with Gasteiger partial charge < -0.3 is 19.5 Å². The van der Waals surface area contributed by atoms with Crippen LogP contribution >= 0.6 is 24.4 Å². The first-order chi connectivity index (χ1) is 15.1. The van der Waals surface area contributed by atoms with Crippen LogP contribution in [0, 0.1) is 0 Å². The first-order valence-electron chi connectivity index (χ1n) is 10.8. The van der Waals surface area contributed by atoms with Gasteiger partial charge in [-0.05, 0) is 43.0 Å². The average Bonchev–Trinajstić information content (AvgIpc) is 2.75. The highest BCUT2D eigenvalue weighted by Crippen LogP contribution is 2.32. The molecule has 0 aromatic heterocycles. The summed E-state index contributed by atoms with van der Waals surface area (Å²) in [7, 11) is 2.00. The van der Waals surface area contributed by atoms with Gasteiger partial charge in [0.2, 0.25) is 0 Å². The molecule has 0 radical (unpaired) electrons. The van der Waals surface area contributed by atoms with Crippen molar-refractivity contribution in [3.63, 3.8) is 0 Å². The van der Waals surface area contributed by atoms with E-state index in [1.165, 1.54) is 5.01 Å². The Morgan fingerprint density at radius 3 is 2.47 bits per heavy atom. The minimum Gasteiger partial charge on any atom is -0.493 e. The van der Waals surface area contributed by atoms with E-state index in [4.69, 9.17) is 25.8 Å². The van der Waals surface area contributed by atoms with E-state index >= 15 is 0 Å². The Bertz CT molecular complexity index is 819. The molecule has 0 saturated carbocycles. The molecule has 1 aromatic carbocycles. The highest BCUT2D eigenvalue weighted by Gasteiger charge is 2.38. The van der Waals surface area contributed by atoms with Crippen molar-refractivity contribution in [2.24, 2.45) is 0 Å². The molecule has 0 bridgehead atoms. The standard InChI is InChI=1S/C22H36ClN3O4SSi/c1-7-8-17-21(24-14-16-9-10-18(28-2)19(13-16)29-3)20(23)22(27)25(26(17)31)15-30-11-12-32(4,5)6/h9-10,13,20,24,31H,7-8,11-12,14-15H2,1-6H3. The third-order valence-corrected chi connectivity index (χ3v) is 7.70. The monoisotopic (exact) mass is 501 g/mol. The highest BCUT2D eigenvalue weighted by atomic mass is 35.5. The Morgan fingerprint density at radius 1 is 1.19 bits per heavy atom. The van der Waals surface area contributed by atoms with Crippen LogP contribution < -0.4 is 14.8 Å². The number of thiol groups is 1. The third kappa shape index (κ3) is 6.97. The van der Waals surface area contributed by atoms with E-state index < -0.39 is 13.5 Å². The number of carbonyl (C=O) groups is 1. The lowest BCUT2D eigenvalue weighted by Crippen LogP contribution is -2.52. The van der Waals surface area contributed by atoms with Gasteiger partial charge in [0.15, 0.2) is 16.9 Å². The van der Waals surface area contributed by atoms with Crippen LogP contribution in [-0.2, 0) is 16.1 Å². The summed E-state index contributed by atoms with van der Waals surface area (Å²) in [6.45, 7) is 10.2. The Labute approximate surface area is 203 Å². The van der Waals surface area contributed by atoms with Crippen LogP contribution in [-0.4, -0.2) is 56.3 Å². The SMILES string of the molecule is CCCC1=C(NCc2ccc(OC)c(OC)c2)C(Cl)C(=O)N(COCC[Si](C)(C)C)N1S. The van der Waals surface area contributed by atoms with Crippen LogP contribution in [0.2, 0.25) is 25.7 Å². The molecular weight excluding hydrogens is 466 g/mol. The predicted octanol–water partition coefficient (Wildman–Crippen LogP) is 4.63. The van der Waals surface area contributed by atoms with E-state index in [0.29, 0.717) is 30.3 Å². The van der Waals surface area contributed by atoms with E-state index in [1.807, 2.05) is 18.2 Å². The summed E-state index contributed by atoms with van der Waals surface area (Å²) in [5, 5.41) is 4.00. The molecule has 0 fully saturated rings. The number of halogens is 1. The maximum atomic E-state index is 13.0. The number of hydrogen-bond donors (Lipinski definition) is 2. The summed E-state index contributed by atoms with van der Waals surface area (Å²) in [5.41, 5.74) is 2.51. The van der Waals surface area contributed by atoms with Gasteiger partial charge in [-0.15, -0.1) is 11.6 Å². The molecule has 0 spiro atoms. The molecule has 1 amide bonds. The molecular formula is C22H36ClN3O4SSi. The molecule has 1 N–H and O–H groups in total. The average molecular weight is 502 g/mol. The number of ether oxygens (including phenoxy) is 3. The molecule has 0 saturated heterocycles. The minimum absolute atomic E-state index is 0.131. The predicted molar refractivity (Wildman–Crippen MR) is 135 cm³/mol. The molecule has 1 aliphatic heterocycles. The molecule has 7 nitrogen and oxygen atoms in total. The zero-order chi connectivity index (χ0) is 23.9. The van der Waals surface area contributed by atoms with Crippen LogP contribution in [0.25, 0.3) is 0 Å². The van der Waals surface area contributed by atoms with Gasteiger partial charge in [-0.2, -0.15) is 0 Å². The number of amides is 1. The first kappa shape index (κ1) is 26.7. The second kappa shape index (κ2) is 12.1.